The lowest BCUT2D eigenvalue weighted by atomic mass is 9.86. The Morgan fingerprint density at radius 1 is 0.833 bits per heavy atom. The second-order valence-electron chi connectivity index (χ2n) is 6.38. The van der Waals surface area contributed by atoms with E-state index in [1.807, 2.05) is 30.3 Å². The maximum atomic E-state index is 11.4. The summed E-state index contributed by atoms with van der Waals surface area (Å²) in [5.41, 5.74) is -0.223. The van der Waals surface area contributed by atoms with Crippen LogP contribution in [0, 0.1) is 0 Å². The molecule has 0 aliphatic heterocycles. The van der Waals surface area contributed by atoms with Crippen molar-refractivity contribution >= 4 is 0 Å². The molecular formula is C20H34O4. The third-order valence-electron chi connectivity index (χ3n) is 4.66. The Kier molecular flexibility index (Phi) is 9.52. The highest BCUT2D eigenvalue weighted by Crippen LogP contribution is 2.35. The van der Waals surface area contributed by atoms with E-state index >= 15 is 0 Å². The molecule has 0 radical (unpaired) electrons. The van der Waals surface area contributed by atoms with Crippen molar-refractivity contribution in [3.63, 3.8) is 0 Å². The molecule has 0 aliphatic carbocycles. The summed E-state index contributed by atoms with van der Waals surface area (Å²) < 4.78 is 16.4. The first-order valence-corrected chi connectivity index (χ1v) is 8.99. The Bertz CT molecular complexity index is 422. The molecule has 0 aromatic heterocycles. The molecule has 4 nitrogen and oxygen atoms in total. The van der Waals surface area contributed by atoms with Gasteiger partial charge < -0.3 is 19.3 Å². The van der Waals surface area contributed by atoms with Crippen LogP contribution in [0.15, 0.2) is 30.3 Å². The first-order valence-electron chi connectivity index (χ1n) is 8.99. The van der Waals surface area contributed by atoms with Crippen molar-refractivity contribution in [3.8, 4) is 0 Å². The zero-order chi connectivity index (χ0) is 17.9. The van der Waals surface area contributed by atoms with Crippen LogP contribution in [0.5, 0.6) is 0 Å². The Labute approximate surface area is 147 Å². The third-order valence-corrected chi connectivity index (χ3v) is 4.66. The summed E-state index contributed by atoms with van der Waals surface area (Å²) in [6, 6.07) is 9.89. The fourth-order valence-electron chi connectivity index (χ4n) is 3.30. The van der Waals surface area contributed by atoms with Gasteiger partial charge in [0.25, 0.3) is 0 Å². The Hall–Kier alpha value is -0.940. The van der Waals surface area contributed by atoms with Crippen LogP contribution in [0.3, 0.4) is 0 Å². The molecule has 0 aliphatic rings. The quantitative estimate of drug-likeness (QED) is 0.430. The predicted octanol–water partition coefficient (Wildman–Crippen LogP) is 4.30. The normalized spacial score (nSPS) is 14.5. The summed E-state index contributed by atoms with van der Waals surface area (Å²) >= 11 is 0. The van der Waals surface area contributed by atoms with E-state index in [2.05, 4.69) is 6.92 Å². The molecule has 0 bridgehead atoms. The number of rotatable bonds is 13. The Morgan fingerprint density at radius 3 is 1.92 bits per heavy atom. The Balaban J connectivity index is 2.82. The molecular weight excluding hydrogens is 304 g/mol. The zero-order valence-corrected chi connectivity index (χ0v) is 15.7. The molecule has 0 saturated carbocycles. The van der Waals surface area contributed by atoms with Gasteiger partial charge in [-0.25, -0.2) is 0 Å². The van der Waals surface area contributed by atoms with Gasteiger partial charge in [-0.3, -0.25) is 0 Å². The molecule has 1 rings (SSSR count). The van der Waals surface area contributed by atoms with Gasteiger partial charge in [-0.15, -0.1) is 0 Å². The van der Waals surface area contributed by atoms with Crippen molar-refractivity contribution in [2.24, 2.45) is 0 Å². The van der Waals surface area contributed by atoms with Crippen molar-refractivity contribution in [1.29, 1.82) is 0 Å². The summed E-state index contributed by atoms with van der Waals surface area (Å²) in [5, 5.41) is 11.4. The van der Waals surface area contributed by atoms with Gasteiger partial charge in [0.05, 0.1) is 0 Å². The third kappa shape index (κ3) is 5.55. The van der Waals surface area contributed by atoms with Gasteiger partial charge in [0.1, 0.15) is 5.60 Å². The van der Waals surface area contributed by atoms with Crippen LogP contribution in [0.1, 0.15) is 57.4 Å². The minimum atomic E-state index is -1.47. The molecule has 1 N–H and O–H groups in total. The highest BCUT2D eigenvalue weighted by atomic mass is 16.9. The van der Waals surface area contributed by atoms with Crippen LogP contribution < -0.4 is 0 Å². The van der Waals surface area contributed by atoms with E-state index in [-0.39, 0.29) is 0 Å². The predicted molar refractivity (Wildman–Crippen MR) is 96.8 cm³/mol. The topological polar surface area (TPSA) is 47.9 Å². The molecule has 1 aromatic carbocycles. The standard InChI is InChI=1S/C20H34O4/c1-5-6-7-8-9-13-16-19(21,20(22-2,23-3)24-4)17-18-14-11-10-12-15-18/h10-12,14-15,21H,5-9,13,16-17H2,1-4H3. The van der Waals surface area contributed by atoms with E-state index < -0.39 is 11.6 Å². The van der Waals surface area contributed by atoms with Gasteiger partial charge in [0, 0.05) is 27.8 Å². The van der Waals surface area contributed by atoms with Gasteiger partial charge >= 0.3 is 5.97 Å². The van der Waals surface area contributed by atoms with E-state index in [0.717, 1.165) is 18.4 Å². The summed E-state index contributed by atoms with van der Waals surface area (Å²) in [5.74, 6) is -1.47. The lowest BCUT2D eigenvalue weighted by molar-refractivity contribution is -0.420. The number of hydrogen-bond donors (Lipinski definition) is 1. The number of benzene rings is 1. The van der Waals surface area contributed by atoms with Crippen molar-refractivity contribution in [3.05, 3.63) is 35.9 Å². The summed E-state index contributed by atoms with van der Waals surface area (Å²) in [4.78, 5) is 0. The van der Waals surface area contributed by atoms with Crippen LogP contribution in [-0.2, 0) is 20.6 Å². The number of aliphatic hydroxyl groups is 1. The van der Waals surface area contributed by atoms with Gasteiger partial charge in [-0.2, -0.15) is 0 Å². The van der Waals surface area contributed by atoms with Crippen molar-refractivity contribution in [2.45, 2.75) is 69.9 Å². The number of unbranched alkanes of at least 4 members (excludes halogenated alkanes) is 5. The summed E-state index contributed by atoms with van der Waals surface area (Å²) in [7, 11) is 4.51. The molecule has 1 atom stereocenters. The van der Waals surface area contributed by atoms with E-state index in [9.17, 15) is 5.11 Å². The molecule has 1 aromatic rings. The fourth-order valence-corrected chi connectivity index (χ4v) is 3.30. The van der Waals surface area contributed by atoms with Crippen LogP contribution in [0.4, 0.5) is 0 Å². The van der Waals surface area contributed by atoms with Crippen molar-refractivity contribution in [2.75, 3.05) is 21.3 Å². The molecule has 0 heterocycles. The average Bonchev–Trinajstić information content (AvgIpc) is 2.61. The minimum absolute atomic E-state index is 0.415. The first-order chi connectivity index (χ1) is 11.6. The molecule has 0 spiro atoms. The minimum Gasteiger partial charge on any atom is -0.381 e. The number of hydrogen-bond acceptors (Lipinski definition) is 4. The van der Waals surface area contributed by atoms with Gasteiger partial charge in [-0.1, -0.05) is 75.8 Å². The number of ether oxygens (including phenoxy) is 3. The van der Waals surface area contributed by atoms with Crippen molar-refractivity contribution in [1.82, 2.24) is 0 Å². The van der Waals surface area contributed by atoms with Crippen LogP contribution >= 0.6 is 0 Å². The Morgan fingerprint density at radius 2 is 1.38 bits per heavy atom. The highest BCUT2D eigenvalue weighted by molar-refractivity contribution is 5.18. The van der Waals surface area contributed by atoms with Crippen molar-refractivity contribution < 1.29 is 19.3 Å². The molecule has 138 valence electrons. The molecule has 0 amide bonds. The second-order valence-corrected chi connectivity index (χ2v) is 6.38. The zero-order valence-electron chi connectivity index (χ0n) is 15.7. The van der Waals surface area contributed by atoms with E-state index in [1.165, 1.54) is 47.0 Å². The fraction of sp³-hybridized carbons (Fsp3) is 0.700. The molecule has 24 heavy (non-hydrogen) atoms. The molecule has 1 unspecified atom stereocenters. The van der Waals surface area contributed by atoms with Gasteiger partial charge in [-0.05, 0) is 12.0 Å². The highest BCUT2D eigenvalue weighted by Gasteiger charge is 2.52. The molecule has 4 heteroatoms. The first kappa shape index (κ1) is 21.1. The molecule has 0 fully saturated rings. The maximum Gasteiger partial charge on any atom is 0.313 e. The lowest BCUT2D eigenvalue weighted by Gasteiger charge is -2.43. The van der Waals surface area contributed by atoms with Crippen LogP contribution in [-0.4, -0.2) is 38.0 Å². The van der Waals surface area contributed by atoms with Gasteiger partial charge in [0.15, 0.2) is 0 Å². The van der Waals surface area contributed by atoms with Crippen LogP contribution in [0.25, 0.3) is 0 Å². The average molecular weight is 338 g/mol. The summed E-state index contributed by atoms with van der Waals surface area (Å²) in [6.45, 7) is 2.21. The largest absolute Gasteiger partial charge is 0.381 e. The SMILES string of the molecule is CCCCCCCCC(O)(Cc1ccccc1)C(OC)(OC)OC. The van der Waals surface area contributed by atoms with Gasteiger partial charge in [0.2, 0.25) is 0 Å². The lowest BCUT2D eigenvalue weighted by Crippen LogP contribution is -2.59. The maximum absolute atomic E-state index is 11.4. The summed E-state index contributed by atoms with van der Waals surface area (Å²) in [6.07, 6.45) is 7.91. The second kappa shape index (κ2) is 10.8. The van der Waals surface area contributed by atoms with E-state index in [1.54, 1.807) is 0 Å². The monoisotopic (exact) mass is 338 g/mol. The number of methoxy groups -OCH3 is 3. The smallest absolute Gasteiger partial charge is 0.313 e. The van der Waals surface area contributed by atoms with E-state index in [0.29, 0.717) is 12.8 Å². The van der Waals surface area contributed by atoms with Crippen LogP contribution in [0.2, 0.25) is 0 Å². The molecule has 0 saturated heterocycles. The van der Waals surface area contributed by atoms with E-state index in [4.69, 9.17) is 14.2 Å².